The Balaban J connectivity index is 2.23. The molecule has 0 unspecified atom stereocenters. The monoisotopic (exact) mass is 286 g/mol. The first-order valence-corrected chi connectivity index (χ1v) is 7.35. The molecule has 1 N–H and O–H groups in total. The van der Waals surface area contributed by atoms with Crippen molar-refractivity contribution in [3.63, 3.8) is 0 Å². The fourth-order valence-corrected chi connectivity index (χ4v) is 2.33. The molecule has 0 spiro atoms. The van der Waals surface area contributed by atoms with E-state index in [2.05, 4.69) is 19.2 Å². The van der Waals surface area contributed by atoms with Crippen LogP contribution in [0.25, 0.3) is 10.9 Å². The fraction of sp³-hybridized carbons (Fsp3) is 0.412. The molecule has 4 heteroatoms. The highest BCUT2D eigenvalue weighted by molar-refractivity contribution is 5.82. The number of aromatic nitrogens is 1. The lowest BCUT2D eigenvalue weighted by atomic mass is 10.1. The molecule has 21 heavy (non-hydrogen) atoms. The van der Waals surface area contributed by atoms with E-state index >= 15 is 0 Å². The molecule has 0 aliphatic heterocycles. The molecule has 1 amide bonds. The Morgan fingerprint density at radius 2 is 2.00 bits per heavy atom. The van der Waals surface area contributed by atoms with Crippen LogP contribution in [-0.2, 0) is 11.3 Å². The molecule has 2 aromatic rings. The van der Waals surface area contributed by atoms with Gasteiger partial charge in [0, 0.05) is 12.1 Å². The number of fused-ring (bicyclic) bond motifs is 1. The Kier molecular flexibility index (Phi) is 4.78. The summed E-state index contributed by atoms with van der Waals surface area (Å²) in [6, 6.07) is 9.50. The molecule has 1 aromatic heterocycles. The maximum atomic E-state index is 12.3. The van der Waals surface area contributed by atoms with Gasteiger partial charge in [0.1, 0.15) is 6.54 Å². The summed E-state index contributed by atoms with van der Waals surface area (Å²) < 4.78 is 1.55. The van der Waals surface area contributed by atoms with Crippen LogP contribution >= 0.6 is 0 Å². The molecule has 0 fully saturated rings. The first-order valence-electron chi connectivity index (χ1n) is 7.35. The van der Waals surface area contributed by atoms with E-state index < -0.39 is 0 Å². The number of carbonyl (C=O) groups is 1. The maximum absolute atomic E-state index is 12.3. The zero-order valence-corrected chi connectivity index (χ0v) is 12.8. The standard InChI is InChI=1S/C17H22N2O2/c1-12(2)8-9-18-16(20)11-19-15-7-5-4-6-14(15)10-13(3)17(19)21/h4-7,10,12H,8-9,11H2,1-3H3,(H,18,20). The van der Waals surface area contributed by atoms with Gasteiger partial charge < -0.3 is 5.32 Å². The van der Waals surface area contributed by atoms with Crippen LogP contribution in [0.15, 0.2) is 35.1 Å². The van der Waals surface area contributed by atoms with E-state index in [1.807, 2.05) is 30.3 Å². The van der Waals surface area contributed by atoms with Crippen LogP contribution in [0.1, 0.15) is 25.8 Å². The summed E-state index contributed by atoms with van der Waals surface area (Å²) in [5.74, 6) is 0.432. The lowest BCUT2D eigenvalue weighted by Crippen LogP contribution is -2.34. The SMILES string of the molecule is Cc1cc2ccccc2n(CC(=O)NCCC(C)C)c1=O. The second-order valence-corrected chi connectivity index (χ2v) is 5.81. The highest BCUT2D eigenvalue weighted by Gasteiger charge is 2.10. The van der Waals surface area contributed by atoms with Crippen molar-refractivity contribution in [1.82, 2.24) is 9.88 Å². The molecule has 0 aliphatic rings. The Morgan fingerprint density at radius 1 is 1.29 bits per heavy atom. The van der Waals surface area contributed by atoms with Crippen molar-refractivity contribution < 1.29 is 4.79 Å². The van der Waals surface area contributed by atoms with E-state index in [0.717, 1.165) is 17.3 Å². The van der Waals surface area contributed by atoms with Crippen molar-refractivity contribution in [2.75, 3.05) is 6.54 Å². The van der Waals surface area contributed by atoms with Gasteiger partial charge >= 0.3 is 0 Å². The van der Waals surface area contributed by atoms with Gasteiger partial charge in [-0.15, -0.1) is 0 Å². The van der Waals surface area contributed by atoms with Crippen molar-refractivity contribution in [2.24, 2.45) is 5.92 Å². The minimum atomic E-state index is -0.117. The molecule has 0 radical (unpaired) electrons. The van der Waals surface area contributed by atoms with E-state index in [0.29, 0.717) is 18.0 Å². The second-order valence-electron chi connectivity index (χ2n) is 5.81. The molecule has 0 saturated heterocycles. The van der Waals surface area contributed by atoms with Gasteiger partial charge in [0.05, 0.1) is 5.52 Å². The molecule has 0 saturated carbocycles. The van der Waals surface area contributed by atoms with Crippen LogP contribution in [0, 0.1) is 12.8 Å². The van der Waals surface area contributed by atoms with Crippen molar-refractivity contribution in [3.05, 3.63) is 46.2 Å². The molecule has 0 aliphatic carbocycles. The van der Waals surface area contributed by atoms with Gasteiger partial charge in [0.2, 0.25) is 5.91 Å². The highest BCUT2D eigenvalue weighted by atomic mass is 16.2. The Hall–Kier alpha value is -2.10. The number of rotatable bonds is 5. The number of amides is 1. The number of nitrogens with zero attached hydrogens (tertiary/aromatic N) is 1. The molecule has 0 bridgehead atoms. The van der Waals surface area contributed by atoms with Gasteiger partial charge in [-0.2, -0.15) is 0 Å². The number of nitrogens with one attached hydrogen (secondary N) is 1. The molecule has 1 heterocycles. The number of benzene rings is 1. The van der Waals surface area contributed by atoms with Crippen LogP contribution in [-0.4, -0.2) is 17.0 Å². The predicted molar refractivity (Wildman–Crippen MR) is 85.4 cm³/mol. The number of para-hydroxylation sites is 1. The fourth-order valence-electron chi connectivity index (χ4n) is 2.33. The molecule has 0 atom stereocenters. The minimum Gasteiger partial charge on any atom is -0.355 e. The number of hydrogen-bond donors (Lipinski definition) is 1. The summed E-state index contributed by atoms with van der Waals surface area (Å²) in [6.45, 7) is 6.73. The normalized spacial score (nSPS) is 11.0. The average Bonchev–Trinajstić information content (AvgIpc) is 2.43. The van der Waals surface area contributed by atoms with Gasteiger partial charge in [-0.1, -0.05) is 32.0 Å². The summed E-state index contributed by atoms with van der Waals surface area (Å²) in [6.07, 6.45) is 0.940. The Bertz CT molecular complexity index is 701. The highest BCUT2D eigenvalue weighted by Crippen LogP contribution is 2.12. The quantitative estimate of drug-likeness (QED) is 0.918. The van der Waals surface area contributed by atoms with Gasteiger partial charge in [0.15, 0.2) is 0 Å². The zero-order valence-electron chi connectivity index (χ0n) is 12.8. The van der Waals surface area contributed by atoms with Crippen molar-refractivity contribution in [3.8, 4) is 0 Å². The third-order valence-electron chi connectivity index (χ3n) is 3.53. The summed E-state index contributed by atoms with van der Waals surface area (Å²) in [5.41, 5.74) is 1.35. The van der Waals surface area contributed by atoms with Crippen LogP contribution < -0.4 is 10.9 Å². The summed E-state index contributed by atoms with van der Waals surface area (Å²) in [4.78, 5) is 24.3. The zero-order chi connectivity index (χ0) is 15.4. The minimum absolute atomic E-state index is 0.0686. The van der Waals surface area contributed by atoms with Crippen LogP contribution in [0.2, 0.25) is 0 Å². The van der Waals surface area contributed by atoms with Gasteiger partial charge in [-0.3, -0.25) is 14.2 Å². The first kappa shape index (κ1) is 15.3. The summed E-state index contributed by atoms with van der Waals surface area (Å²) in [7, 11) is 0. The number of hydrogen-bond acceptors (Lipinski definition) is 2. The van der Waals surface area contributed by atoms with Gasteiger partial charge in [-0.25, -0.2) is 0 Å². The molecular weight excluding hydrogens is 264 g/mol. The van der Waals surface area contributed by atoms with Crippen molar-refractivity contribution >= 4 is 16.8 Å². The molecular formula is C17H22N2O2. The van der Waals surface area contributed by atoms with E-state index in [1.165, 1.54) is 0 Å². The number of pyridine rings is 1. The summed E-state index contributed by atoms with van der Waals surface area (Å²) in [5, 5.41) is 3.85. The molecule has 1 aromatic carbocycles. The Morgan fingerprint density at radius 3 is 2.71 bits per heavy atom. The van der Waals surface area contributed by atoms with E-state index in [9.17, 15) is 9.59 Å². The largest absolute Gasteiger partial charge is 0.355 e. The lowest BCUT2D eigenvalue weighted by molar-refractivity contribution is -0.121. The molecule has 112 valence electrons. The smallest absolute Gasteiger partial charge is 0.254 e. The average molecular weight is 286 g/mol. The van der Waals surface area contributed by atoms with E-state index in [-0.39, 0.29) is 18.0 Å². The van der Waals surface area contributed by atoms with Crippen molar-refractivity contribution in [2.45, 2.75) is 33.7 Å². The van der Waals surface area contributed by atoms with Crippen molar-refractivity contribution in [1.29, 1.82) is 0 Å². The first-order chi connectivity index (χ1) is 9.99. The maximum Gasteiger partial charge on any atom is 0.254 e. The van der Waals surface area contributed by atoms with E-state index in [4.69, 9.17) is 0 Å². The Labute approximate surface area is 124 Å². The van der Waals surface area contributed by atoms with Gasteiger partial charge in [-0.05, 0) is 36.8 Å². The third-order valence-corrected chi connectivity index (χ3v) is 3.53. The number of aryl methyl sites for hydroxylation is 1. The van der Waals surface area contributed by atoms with Crippen LogP contribution in [0.5, 0.6) is 0 Å². The second kappa shape index (κ2) is 6.57. The van der Waals surface area contributed by atoms with E-state index in [1.54, 1.807) is 11.5 Å². The predicted octanol–water partition coefficient (Wildman–Crippen LogP) is 2.47. The summed E-state index contributed by atoms with van der Waals surface area (Å²) >= 11 is 0. The number of carbonyl (C=O) groups excluding carboxylic acids is 1. The molecule has 2 rings (SSSR count). The molecule has 4 nitrogen and oxygen atoms in total. The topological polar surface area (TPSA) is 51.1 Å². The van der Waals surface area contributed by atoms with Gasteiger partial charge in [0.25, 0.3) is 5.56 Å². The lowest BCUT2D eigenvalue weighted by Gasteiger charge is -2.12. The van der Waals surface area contributed by atoms with Crippen LogP contribution in [0.3, 0.4) is 0 Å². The van der Waals surface area contributed by atoms with Crippen LogP contribution in [0.4, 0.5) is 0 Å². The third kappa shape index (κ3) is 3.72.